The maximum Gasteiger partial charge on any atom is 0.508 e. The predicted molar refractivity (Wildman–Crippen MR) is 60.9 cm³/mol. The molecule has 1 aromatic rings. The Labute approximate surface area is 91.1 Å². The molecule has 1 unspecified atom stereocenters. The van der Waals surface area contributed by atoms with E-state index < -0.39 is 0 Å². The highest BCUT2D eigenvalue weighted by atomic mass is 16.6. The van der Waals surface area contributed by atoms with E-state index in [0.29, 0.717) is 7.69 Å². The van der Waals surface area contributed by atoms with E-state index in [9.17, 15) is 0 Å². The van der Waals surface area contributed by atoms with Gasteiger partial charge in [0.05, 0.1) is 6.23 Å². The third-order valence-corrected chi connectivity index (χ3v) is 2.50. The van der Waals surface area contributed by atoms with Gasteiger partial charge in [-0.05, 0) is 37.9 Å². The number of piperidine rings is 1. The van der Waals surface area contributed by atoms with Crippen molar-refractivity contribution in [2.45, 2.75) is 25.5 Å². The predicted octanol–water partition coefficient (Wildman–Crippen LogP) is 1.45. The summed E-state index contributed by atoms with van der Waals surface area (Å²) in [6.45, 7) is 1.05. The van der Waals surface area contributed by atoms with Crippen LogP contribution in [0.15, 0.2) is 30.3 Å². The van der Waals surface area contributed by atoms with Gasteiger partial charge >= 0.3 is 7.69 Å². The molecule has 1 aliphatic heterocycles. The number of para-hydroxylation sites is 1. The van der Waals surface area contributed by atoms with Gasteiger partial charge in [0, 0.05) is 0 Å². The van der Waals surface area contributed by atoms with Gasteiger partial charge in [0.1, 0.15) is 5.75 Å². The van der Waals surface area contributed by atoms with Crippen LogP contribution in [0.1, 0.15) is 19.3 Å². The summed E-state index contributed by atoms with van der Waals surface area (Å²) in [4.78, 5) is 0. The van der Waals surface area contributed by atoms with Crippen molar-refractivity contribution in [2.24, 2.45) is 0 Å². The maximum atomic E-state index is 5.55. The van der Waals surface area contributed by atoms with Crippen LogP contribution in [-0.4, -0.2) is 20.5 Å². The van der Waals surface area contributed by atoms with Crippen LogP contribution in [-0.2, 0) is 4.65 Å². The molecule has 0 amide bonds. The third kappa shape index (κ3) is 3.57. The van der Waals surface area contributed by atoms with E-state index in [1.54, 1.807) is 0 Å². The standard InChI is InChI=1S/C11H16BNO2/c1-2-6-10(7-3-1)14-12-15-11-8-4-5-9-13-11/h1-3,6-7,11-13H,4-5,8-9H2. The first-order chi connectivity index (χ1) is 7.45. The van der Waals surface area contributed by atoms with E-state index in [0.717, 1.165) is 18.7 Å². The second kappa shape index (κ2) is 5.78. The molecule has 2 rings (SSSR count). The molecule has 3 nitrogen and oxygen atoms in total. The highest BCUT2D eigenvalue weighted by Crippen LogP contribution is 2.10. The molecule has 0 spiro atoms. The Bertz CT molecular complexity index is 275. The van der Waals surface area contributed by atoms with E-state index in [1.807, 2.05) is 30.3 Å². The molecule has 1 heterocycles. The van der Waals surface area contributed by atoms with Crippen LogP contribution in [0.25, 0.3) is 0 Å². The Hall–Kier alpha value is -0.995. The summed E-state index contributed by atoms with van der Waals surface area (Å²) in [7, 11) is 0.321. The topological polar surface area (TPSA) is 30.5 Å². The average molecular weight is 205 g/mol. The number of hydrogen-bond donors (Lipinski definition) is 1. The summed E-state index contributed by atoms with van der Waals surface area (Å²) in [6, 6.07) is 9.73. The van der Waals surface area contributed by atoms with Gasteiger partial charge in [-0.15, -0.1) is 0 Å². The minimum absolute atomic E-state index is 0.169. The van der Waals surface area contributed by atoms with Crippen molar-refractivity contribution in [3.8, 4) is 5.75 Å². The molecule has 1 fully saturated rings. The van der Waals surface area contributed by atoms with Gasteiger partial charge in [-0.25, -0.2) is 0 Å². The van der Waals surface area contributed by atoms with Crippen LogP contribution < -0.4 is 9.97 Å². The molecule has 1 atom stereocenters. The average Bonchev–Trinajstić information content (AvgIpc) is 2.32. The minimum Gasteiger partial charge on any atom is -0.539 e. The molecule has 0 radical (unpaired) electrons. The van der Waals surface area contributed by atoms with Crippen LogP contribution in [0.2, 0.25) is 0 Å². The summed E-state index contributed by atoms with van der Waals surface area (Å²) < 4.78 is 11.0. The van der Waals surface area contributed by atoms with Gasteiger partial charge in [-0.2, -0.15) is 0 Å². The fraction of sp³-hybridized carbons (Fsp3) is 0.455. The maximum absolute atomic E-state index is 5.55. The summed E-state index contributed by atoms with van der Waals surface area (Å²) >= 11 is 0. The van der Waals surface area contributed by atoms with Crippen LogP contribution in [0, 0.1) is 0 Å². The normalized spacial score (nSPS) is 20.9. The van der Waals surface area contributed by atoms with Crippen molar-refractivity contribution in [1.29, 1.82) is 0 Å². The summed E-state index contributed by atoms with van der Waals surface area (Å²) in [5, 5.41) is 3.30. The smallest absolute Gasteiger partial charge is 0.508 e. The van der Waals surface area contributed by atoms with Gasteiger partial charge < -0.3 is 9.31 Å². The largest absolute Gasteiger partial charge is 0.539 e. The van der Waals surface area contributed by atoms with Crippen LogP contribution in [0.3, 0.4) is 0 Å². The zero-order valence-electron chi connectivity index (χ0n) is 8.82. The summed E-state index contributed by atoms with van der Waals surface area (Å²) in [5.41, 5.74) is 0. The van der Waals surface area contributed by atoms with Crippen LogP contribution in [0.5, 0.6) is 5.75 Å². The summed E-state index contributed by atoms with van der Waals surface area (Å²) in [5.74, 6) is 0.855. The zero-order chi connectivity index (χ0) is 10.3. The lowest BCUT2D eigenvalue weighted by Gasteiger charge is -2.23. The SMILES string of the molecule is B(Oc1ccccc1)OC1CCCCN1. The van der Waals surface area contributed by atoms with Gasteiger partial charge in [-0.3, -0.25) is 5.32 Å². The Morgan fingerprint density at radius 1 is 1.20 bits per heavy atom. The van der Waals surface area contributed by atoms with Gasteiger partial charge in [0.2, 0.25) is 0 Å². The molecule has 0 saturated carbocycles. The molecular weight excluding hydrogens is 189 g/mol. The Morgan fingerprint density at radius 2 is 2.07 bits per heavy atom. The number of benzene rings is 1. The summed E-state index contributed by atoms with van der Waals surface area (Å²) in [6.07, 6.45) is 3.74. The minimum atomic E-state index is 0.169. The number of nitrogens with one attached hydrogen (secondary N) is 1. The second-order valence-electron chi connectivity index (χ2n) is 3.68. The van der Waals surface area contributed by atoms with E-state index in [-0.39, 0.29) is 6.23 Å². The zero-order valence-corrected chi connectivity index (χ0v) is 8.82. The Kier molecular flexibility index (Phi) is 4.05. The molecule has 0 aliphatic carbocycles. The molecule has 80 valence electrons. The first-order valence-corrected chi connectivity index (χ1v) is 5.48. The Morgan fingerprint density at radius 3 is 2.80 bits per heavy atom. The van der Waals surface area contributed by atoms with Crippen molar-refractivity contribution in [1.82, 2.24) is 5.32 Å². The van der Waals surface area contributed by atoms with Gasteiger partial charge in [-0.1, -0.05) is 18.2 Å². The van der Waals surface area contributed by atoms with E-state index in [1.165, 1.54) is 12.8 Å². The highest BCUT2D eigenvalue weighted by molar-refractivity contribution is 6.19. The second-order valence-corrected chi connectivity index (χ2v) is 3.68. The fourth-order valence-electron chi connectivity index (χ4n) is 1.66. The van der Waals surface area contributed by atoms with E-state index in [4.69, 9.17) is 9.31 Å². The third-order valence-electron chi connectivity index (χ3n) is 2.50. The quantitative estimate of drug-likeness (QED) is 0.754. The van der Waals surface area contributed by atoms with Crippen molar-refractivity contribution in [3.63, 3.8) is 0 Å². The van der Waals surface area contributed by atoms with Crippen LogP contribution >= 0.6 is 0 Å². The fourth-order valence-corrected chi connectivity index (χ4v) is 1.66. The van der Waals surface area contributed by atoms with Gasteiger partial charge in [0.15, 0.2) is 0 Å². The molecule has 0 bridgehead atoms. The first-order valence-electron chi connectivity index (χ1n) is 5.48. The molecule has 1 N–H and O–H groups in total. The van der Waals surface area contributed by atoms with Gasteiger partial charge in [0.25, 0.3) is 0 Å². The molecule has 1 aliphatic rings. The lowest BCUT2D eigenvalue weighted by molar-refractivity contribution is 0.122. The molecule has 4 heteroatoms. The Balaban J connectivity index is 1.66. The van der Waals surface area contributed by atoms with Crippen molar-refractivity contribution < 1.29 is 9.31 Å². The molecule has 1 aromatic carbocycles. The monoisotopic (exact) mass is 205 g/mol. The van der Waals surface area contributed by atoms with Crippen molar-refractivity contribution in [3.05, 3.63) is 30.3 Å². The molecule has 1 saturated heterocycles. The molecule has 15 heavy (non-hydrogen) atoms. The van der Waals surface area contributed by atoms with Crippen LogP contribution in [0.4, 0.5) is 0 Å². The molecule has 0 aromatic heterocycles. The number of hydrogen-bond acceptors (Lipinski definition) is 3. The van der Waals surface area contributed by atoms with Crippen molar-refractivity contribution >= 4 is 7.69 Å². The van der Waals surface area contributed by atoms with E-state index in [2.05, 4.69) is 5.32 Å². The van der Waals surface area contributed by atoms with E-state index >= 15 is 0 Å². The first kappa shape index (κ1) is 10.5. The lowest BCUT2D eigenvalue weighted by Crippen LogP contribution is -2.37. The number of rotatable bonds is 4. The van der Waals surface area contributed by atoms with Crippen molar-refractivity contribution in [2.75, 3.05) is 6.54 Å². The lowest BCUT2D eigenvalue weighted by atomic mass is 10.1. The molecular formula is C11H16BNO2. The highest BCUT2D eigenvalue weighted by Gasteiger charge is 2.13.